The highest BCUT2D eigenvalue weighted by molar-refractivity contribution is 5.83. The summed E-state index contributed by atoms with van der Waals surface area (Å²) in [5.74, 6) is -0.786. The maximum atomic E-state index is 12.5. The molecule has 1 N–H and O–H groups in total. The monoisotopic (exact) mass is 256 g/mol. The van der Waals surface area contributed by atoms with Gasteiger partial charge in [-0.05, 0) is 40.7 Å². The summed E-state index contributed by atoms with van der Waals surface area (Å²) in [7, 11) is 1.90. The molecule has 0 radical (unpaired) electrons. The van der Waals surface area contributed by atoms with Crippen LogP contribution in [0.3, 0.4) is 0 Å². The number of rotatable bonds is 3. The number of carbonyl (C=O) groups is 2. The van der Waals surface area contributed by atoms with Crippen LogP contribution in [-0.2, 0) is 9.59 Å². The molecule has 1 aliphatic rings. The lowest BCUT2D eigenvalue weighted by atomic mass is 10.0. The van der Waals surface area contributed by atoms with E-state index < -0.39 is 5.97 Å². The Morgan fingerprint density at radius 2 is 2.00 bits per heavy atom. The Bertz CT molecular complexity index is 323. The molecule has 104 valence electrons. The van der Waals surface area contributed by atoms with Crippen LogP contribution < -0.4 is 0 Å². The molecule has 0 aliphatic carbocycles. The van der Waals surface area contributed by atoms with Crippen molar-refractivity contribution in [3.05, 3.63) is 0 Å². The number of carboxylic acids is 1. The third kappa shape index (κ3) is 3.70. The maximum absolute atomic E-state index is 12.5. The number of amides is 1. The molecule has 0 aromatic heterocycles. The van der Waals surface area contributed by atoms with Crippen LogP contribution in [0.1, 0.15) is 40.0 Å². The predicted molar refractivity (Wildman–Crippen MR) is 69.4 cm³/mol. The number of likely N-dealkylation sites (N-methyl/N-ethyl adjacent to an activating group) is 1. The highest BCUT2D eigenvalue weighted by Gasteiger charge is 2.35. The van der Waals surface area contributed by atoms with Crippen molar-refractivity contribution in [3.8, 4) is 0 Å². The lowest BCUT2D eigenvalue weighted by molar-refractivity contribution is -0.141. The first-order valence-electron chi connectivity index (χ1n) is 6.47. The number of aliphatic carboxylic acids is 1. The first kappa shape index (κ1) is 15.0. The number of hydrogen-bond donors (Lipinski definition) is 1. The molecular formula is C13H24N2O3. The summed E-state index contributed by atoms with van der Waals surface area (Å²) in [6, 6.07) is -0.303. The first-order chi connectivity index (χ1) is 8.23. The van der Waals surface area contributed by atoms with E-state index in [0.717, 1.165) is 19.5 Å². The summed E-state index contributed by atoms with van der Waals surface area (Å²) >= 11 is 0. The van der Waals surface area contributed by atoms with Gasteiger partial charge in [-0.1, -0.05) is 0 Å². The topological polar surface area (TPSA) is 60.9 Å². The third-order valence-corrected chi connectivity index (χ3v) is 3.42. The minimum absolute atomic E-state index is 0.0404. The molecule has 1 heterocycles. The summed E-state index contributed by atoms with van der Waals surface area (Å²) in [5, 5.41) is 8.77. The minimum atomic E-state index is -0.845. The van der Waals surface area contributed by atoms with E-state index >= 15 is 0 Å². The van der Waals surface area contributed by atoms with E-state index in [1.165, 1.54) is 0 Å². The van der Waals surface area contributed by atoms with Crippen molar-refractivity contribution < 1.29 is 14.7 Å². The van der Waals surface area contributed by atoms with Crippen LogP contribution in [-0.4, -0.2) is 58.5 Å². The second-order valence-corrected chi connectivity index (χ2v) is 5.94. The van der Waals surface area contributed by atoms with Gasteiger partial charge < -0.3 is 10.0 Å². The van der Waals surface area contributed by atoms with Gasteiger partial charge in [-0.15, -0.1) is 0 Å². The van der Waals surface area contributed by atoms with Crippen molar-refractivity contribution in [2.45, 2.75) is 51.6 Å². The van der Waals surface area contributed by atoms with Gasteiger partial charge in [0.15, 0.2) is 0 Å². The van der Waals surface area contributed by atoms with Crippen LogP contribution in [0.2, 0.25) is 0 Å². The Morgan fingerprint density at radius 1 is 1.39 bits per heavy atom. The summed E-state index contributed by atoms with van der Waals surface area (Å²) in [6.45, 7) is 7.64. The lowest BCUT2D eigenvalue weighted by Gasteiger charge is -2.37. The molecule has 1 aliphatic heterocycles. The van der Waals surface area contributed by atoms with E-state index in [0.29, 0.717) is 6.42 Å². The van der Waals surface area contributed by atoms with Gasteiger partial charge >= 0.3 is 5.97 Å². The standard InChI is InChI=1S/C13H24N2O3/c1-13(2,3)15-9-5-8-14(4)10(12(15)18)6-7-11(16)17/h10H,5-9H2,1-4H3,(H,16,17). The van der Waals surface area contributed by atoms with Crippen molar-refractivity contribution in [1.82, 2.24) is 9.80 Å². The molecule has 1 saturated heterocycles. The van der Waals surface area contributed by atoms with E-state index in [1.54, 1.807) is 0 Å². The summed E-state index contributed by atoms with van der Waals surface area (Å²) in [5.41, 5.74) is -0.205. The van der Waals surface area contributed by atoms with E-state index in [2.05, 4.69) is 0 Å². The van der Waals surface area contributed by atoms with Crippen molar-refractivity contribution in [1.29, 1.82) is 0 Å². The fourth-order valence-electron chi connectivity index (χ4n) is 2.38. The van der Waals surface area contributed by atoms with Crippen LogP contribution in [0.4, 0.5) is 0 Å². The average molecular weight is 256 g/mol. The summed E-state index contributed by atoms with van der Waals surface area (Å²) in [4.78, 5) is 27.0. The number of hydrogen-bond acceptors (Lipinski definition) is 3. The van der Waals surface area contributed by atoms with Crippen LogP contribution in [0.25, 0.3) is 0 Å². The van der Waals surface area contributed by atoms with E-state index in [4.69, 9.17) is 5.11 Å². The fraction of sp³-hybridized carbons (Fsp3) is 0.846. The smallest absolute Gasteiger partial charge is 0.303 e. The molecule has 5 nitrogen and oxygen atoms in total. The van der Waals surface area contributed by atoms with Crippen molar-refractivity contribution in [2.24, 2.45) is 0 Å². The molecule has 18 heavy (non-hydrogen) atoms. The van der Waals surface area contributed by atoms with Gasteiger partial charge in [0.05, 0.1) is 6.04 Å². The lowest BCUT2D eigenvalue weighted by Crippen LogP contribution is -2.51. The fourth-order valence-corrected chi connectivity index (χ4v) is 2.38. The van der Waals surface area contributed by atoms with Gasteiger partial charge in [0.2, 0.25) is 5.91 Å². The second-order valence-electron chi connectivity index (χ2n) is 5.94. The molecule has 0 aromatic carbocycles. The summed E-state index contributed by atoms with van der Waals surface area (Å²) in [6.07, 6.45) is 1.36. The van der Waals surface area contributed by atoms with E-state index in [-0.39, 0.29) is 23.9 Å². The Balaban J connectivity index is 2.83. The van der Waals surface area contributed by atoms with Crippen LogP contribution in [0.5, 0.6) is 0 Å². The molecule has 5 heteroatoms. The predicted octanol–water partition coefficient (Wildman–Crippen LogP) is 1.18. The van der Waals surface area contributed by atoms with Crippen LogP contribution in [0.15, 0.2) is 0 Å². The van der Waals surface area contributed by atoms with Gasteiger partial charge in [-0.2, -0.15) is 0 Å². The Hall–Kier alpha value is -1.10. The number of carboxylic acid groups (broad SMARTS) is 1. The zero-order valence-electron chi connectivity index (χ0n) is 11.8. The zero-order chi connectivity index (χ0) is 13.9. The Labute approximate surface area is 109 Å². The van der Waals surface area contributed by atoms with Crippen molar-refractivity contribution >= 4 is 11.9 Å². The largest absolute Gasteiger partial charge is 0.481 e. The molecule has 1 atom stereocenters. The number of carbonyl (C=O) groups excluding carboxylic acids is 1. The van der Waals surface area contributed by atoms with E-state index in [9.17, 15) is 9.59 Å². The highest BCUT2D eigenvalue weighted by atomic mass is 16.4. The maximum Gasteiger partial charge on any atom is 0.303 e. The molecule has 0 bridgehead atoms. The van der Waals surface area contributed by atoms with Gasteiger partial charge in [-0.3, -0.25) is 14.5 Å². The Kier molecular flexibility index (Phi) is 4.73. The van der Waals surface area contributed by atoms with Gasteiger partial charge in [0, 0.05) is 25.0 Å². The second kappa shape index (κ2) is 5.69. The Morgan fingerprint density at radius 3 is 2.50 bits per heavy atom. The van der Waals surface area contributed by atoms with Crippen molar-refractivity contribution in [2.75, 3.05) is 20.1 Å². The first-order valence-corrected chi connectivity index (χ1v) is 6.47. The molecule has 1 fully saturated rings. The molecule has 1 rings (SSSR count). The summed E-state index contributed by atoms with van der Waals surface area (Å²) < 4.78 is 0. The van der Waals surface area contributed by atoms with Crippen LogP contribution >= 0.6 is 0 Å². The number of nitrogens with zero attached hydrogens (tertiary/aromatic N) is 2. The minimum Gasteiger partial charge on any atom is -0.481 e. The van der Waals surface area contributed by atoms with Gasteiger partial charge in [-0.25, -0.2) is 0 Å². The molecule has 0 spiro atoms. The van der Waals surface area contributed by atoms with Gasteiger partial charge in [0.1, 0.15) is 0 Å². The van der Waals surface area contributed by atoms with Crippen LogP contribution in [0, 0.1) is 0 Å². The quantitative estimate of drug-likeness (QED) is 0.823. The third-order valence-electron chi connectivity index (χ3n) is 3.42. The average Bonchev–Trinajstić information content (AvgIpc) is 2.34. The van der Waals surface area contributed by atoms with Crippen molar-refractivity contribution in [3.63, 3.8) is 0 Å². The molecule has 1 amide bonds. The molecular weight excluding hydrogens is 232 g/mol. The molecule has 1 unspecified atom stereocenters. The normalized spacial score (nSPS) is 23.0. The SMILES string of the molecule is CN1CCCN(C(C)(C)C)C(=O)C1CCC(=O)O. The molecule has 0 saturated carbocycles. The zero-order valence-corrected chi connectivity index (χ0v) is 11.8. The molecule has 0 aromatic rings. The highest BCUT2D eigenvalue weighted by Crippen LogP contribution is 2.21. The van der Waals surface area contributed by atoms with E-state index in [1.807, 2.05) is 37.6 Å². The van der Waals surface area contributed by atoms with Gasteiger partial charge in [0.25, 0.3) is 0 Å².